The third-order valence-electron chi connectivity index (χ3n) is 5.83. The van der Waals surface area contributed by atoms with E-state index in [0.29, 0.717) is 24.2 Å². The number of nitrogens with zero attached hydrogens (tertiary/aromatic N) is 2. The van der Waals surface area contributed by atoms with Crippen molar-refractivity contribution in [3.8, 4) is 0 Å². The van der Waals surface area contributed by atoms with Crippen molar-refractivity contribution in [1.29, 1.82) is 0 Å². The number of benzene rings is 2. The van der Waals surface area contributed by atoms with Gasteiger partial charge in [0.25, 0.3) is 11.8 Å². The highest BCUT2D eigenvalue weighted by atomic mass is 32.2. The SMILES string of the molecule is Cc1cc(C2CCN(C(=O)c3ccc(S(C)(=O)=O)cc3)CC2)c(C)cc1C(=O)N=C(N)N. The fourth-order valence-corrected chi connectivity index (χ4v) is 4.74. The summed E-state index contributed by atoms with van der Waals surface area (Å²) in [7, 11) is -3.30. The minimum atomic E-state index is -3.30. The molecule has 9 heteroatoms. The molecule has 0 unspecified atom stereocenters. The van der Waals surface area contributed by atoms with E-state index in [4.69, 9.17) is 11.5 Å². The van der Waals surface area contributed by atoms with Gasteiger partial charge >= 0.3 is 0 Å². The van der Waals surface area contributed by atoms with Crippen molar-refractivity contribution in [2.75, 3.05) is 19.3 Å². The summed E-state index contributed by atoms with van der Waals surface area (Å²) in [5.74, 6) is -0.550. The fraction of sp³-hybridized carbons (Fsp3) is 0.348. The third-order valence-corrected chi connectivity index (χ3v) is 6.95. The molecule has 1 heterocycles. The Hall–Kier alpha value is -3.20. The zero-order valence-corrected chi connectivity index (χ0v) is 19.3. The van der Waals surface area contributed by atoms with E-state index in [1.165, 1.54) is 12.1 Å². The molecule has 4 N–H and O–H groups in total. The molecule has 1 saturated heterocycles. The molecule has 3 rings (SSSR count). The Morgan fingerprint density at radius 1 is 1.00 bits per heavy atom. The molecule has 2 amide bonds. The number of rotatable bonds is 4. The lowest BCUT2D eigenvalue weighted by Crippen LogP contribution is -2.38. The molecular formula is C23H28N4O4S. The van der Waals surface area contributed by atoms with E-state index in [9.17, 15) is 18.0 Å². The highest BCUT2D eigenvalue weighted by molar-refractivity contribution is 7.90. The zero-order chi connectivity index (χ0) is 23.6. The number of guanidine groups is 1. The first-order chi connectivity index (χ1) is 15.0. The first-order valence-corrected chi connectivity index (χ1v) is 12.2. The van der Waals surface area contributed by atoms with Crippen LogP contribution in [0, 0.1) is 13.8 Å². The normalized spacial score (nSPS) is 14.8. The van der Waals surface area contributed by atoms with Crippen molar-refractivity contribution < 1.29 is 18.0 Å². The standard InChI is InChI=1S/C23H28N4O4S/c1-14-13-20(21(28)26-23(24)25)15(2)12-19(14)16-8-10-27(11-9-16)22(29)17-4-6-18(7-5-17)32(3,30)31/h4-7,12-13,16H,8-11H2,1-3H3,(H4,24,25,26,28). The zero-order valence-electron chi connectivity index (χ0n) is 18.5. The van der Waals surface area contributed by atoms with Gasteiger partial charge in [0.05, 0.1) is 4.90 Å². The topological polar surface area (TPSA) is 136 Å². The average molecular weight is 457 g/mol. The van der Waals surface area contributed by atoms with Crippen LogP contribution in [-0.4, -0.2) is 50.4 Å². The van der Waals surface area contributed by atoms with Gasteiger partial charge in [-0.15, -0.1) is 0 Å². The van der Waals surface area contributed by atoms with E-state index < -0.39 is 15.7 Å². The van der Waals surface area contributed by atoms with E-state index in [1.807, 2.05) is 26.0 Å². The predicted molar refractivity (Wildman–Crippen MR) is 123 cm³/mol. The Labute approximate surface area is 188 Å². The second-order valence-corrected chi connectivity index (χ2v) is 10.2. The van der Waals surface area contributed by atoms with Crippen LogP contribution in [0.4, 0.5) is 0 Å². The van der Waals surface area contributed by atoms with Gasteiger partial charge in [-0.3, -0.25) is 9.59 Å². The number of nitrogens with two attached hydrogens (primary N) is 2. The number of amides is 2. The molecule has 0 aliphatic carbocycles. The van der Waals surface area contributed by atoms with Gasteiger partial charge in [-0.05, 0) is 79.6 Å². The largest absolute Gasteiger partial charge is 0.370 e. The molecule has 0 spiro atoms. The van der Waals surface area contributed by atoms with Crippen molar-refractivity contribution in [1.82, 2.24) is 4.90 Å². The Bertz CT molecular complexity index is 1180. The maximum absolute atomic E-state index is 12.8. The molecule has 1 fully saturated rings. The van der Waals surface area contributed by atoms with E-state index in [2.05, 4.69) is 4.99 Å². The molecule has 0 bridgehead atoms. The van der Waals surface area contributed by atoms with Crippen LogP contribution >= 0.6 is 0 Å². The van der Waals surface area contributed by atoms with Crippen molar-refractivity contribution in [2.45, 2.75) is 37.5 Å². The monoisotopic (exact) mass is 456 g/mol. The molecule has 0 aromatic heterocycles. The Morgan fingerprint density at radius 2 is 1.59 bits per heavy atom. The van der Waals surface area contributed by atoms with Crippen LogP contribution in [-0.2, 0) is 9.84 Å². The van der Waals surface area contributed by atoms with Crippen molar-refractivity contribution >= 4 is 27.6 Å². The van der Waals surface area contributed by atoms with E-state index in [-0.39, 0.29) is 22.7 Å². The Balaban J connectivity index is 1.70. The van der Waals surface area contributed by atoms with Gasteiger partial charge in [-0.25, -0.2) is 8.42 Å². The number of carbonyl (C=O) groups excluding carboxylic acids is 2. The van der Waals surface area contributed by atoms with Gasteiger partial charge in [0.15, 0.2) is 15.8 Å². The lowest BCUT2D eigenvalue weighted by Gasteiger charge is -2.33. The summed E-state index contributed by atoms with van der Waals surface area (Å²) in [5, 5.41) is 0. The molecule has 0 saturated carbocycles. The third kappa shape index (κ3) is 5.16. The lowest BCUT2D eigenvalue weighted by molar-refractivity contribution is 0.0712. The maximum atomic E-state index is 12.8. The molecule has 2 aromatic carbocycles. The minimum absolute atomic E-state index is 0.102. The number of likely N-dealkylation sites (tertiary alicyclic amines) is 1. The van der Waals surface area contributed by atoms with Gasteiger partial charge in [0.1, 0.15) is 0 Å². The average Bonchev–Trinajstić information content (AvgIpc) is 2.73. The Morgan fingerprint density at radius 3 is 2.12 bits per heavy atom. The van der Waals surface area contributed by atoms with Crippen LogP contribution < -0.4 is 11.5 Å². The molecule has 0 atom stereocenters. The highest BCUT2D eigenvalue weighted by Gasteiger charge is 2.26. The van der Waals surface area contributed by atoms with Gasteiger partial charge in [0, 0.05) is 30.5 Å². The van der Waals surface area contributed by atoms with E-state index in [0.717, 1.165) is 35.8 Å². The molecule has 0 radical (unpaired) electrons. The molecule has 1 aliphatic heterocycles. The lowest BCUT2D eigenvalue weighted by atomic mass is 9.84. The summed E-state index contributed by atoms with van der Waals surface area (Å²) in [5.41, 5.74) is 14.6. The number of aryl methyl sites for hydroxylation is 2. The van der Waals surface area contributed by atoms with Crippen LogP contribution in [0.15, 0.2) is 46.3 Å². The summed E-state index contributed by atoms with van der Waals surface area (Å²) in [6.07, 6.45) is 2.74. The van der Waals surface area contributed by atoms with Gasteiger partial charge < -0.3 is 16.4 Å². The van der Waals surface area contributed by atoms with Crippen LogP contribution in [0.25, 0.3) is 0 Å². The van der Waals surface area contributed by atoms with Crippen molar-refractivity contribution in [2.24, 2.45) is 16.5 Å². The minimum Gasteiger partial charge on any atom is -0.370 e. The van der Waals surface area contributed by atoms with E-state index in [1.54, 1.807) is 17.0 Å². The molecule has 1 aliphatic rings. The predicted octanol–water partition coefficient (Wildman–Crippen LogP) is 2.14. The van der Waals surface area contributed by atoms with Crippen LogP contribution in [0.1, 0.15) is 56.2 Å². The first kappa shape index (κ1) is 23.5. The van der Waals surface area contributed by atoms with Gasteiger partial charge in [-0.2, -0.15) is 4.99 Å². The number of hydrogen-bond donors (Lipinski definition) is 2. The van der Waals surface area contributed by atoms with E-state index >= 15 is 0 Å². The van der Waals surface area contributed by atoms with Crippen molar-refractivity contribution in [3.05, 3.63) is 64.2 Å². The van der Waals surface area contributed by atoms with Crippen LogP contribution in [0.5, 0.6) is 0 Å². The summed E-state index contributed by atoms with van der Waals surface area (Å²) >= 11 is 0. The number of carbonyl (C=O) groups is 2. The summed E-state index contributed by atoms with van der Waals surface area (Å²) in [6.45, 7) is 5.02. The highest BCUT2D eigenvalue weighted by Crippen LogP contribution is 2.32. The molecule has 8 nitrogen and oxygen atoms in total. The maximum Gasteiger partial charge on any atom is 0.280 e. The summed E-state index contributed by atoms with van der Waals surface area (Å²) < 4.78 is 23.2. The Kier molecular flexibility index (Phi) is 6.68. The molecule has 170 valence electrons. The number of sulfone groups is 1. The van der Waals surface area contributed by atoms with Gasteiger partial charge in [0.2, 0.25) is 0 Å². The summed E-state index contributed by atoms with van der Waals surface area (Å²) in [6, 6.07) is 9.88. The van der Waals surface area contributed by atoms with Gasteiger partial charge in [-0.1, -0.05) is 6.07 Å². The molecule has 2 aromatic rings. The number of piperidine rings is 1. The van der Waals surface area contributed by atoms with Crippen LogP contribution in [0.2, 0.25) is 0 Å². The number of aliphatic imine (C=N–C) groups is 1. The summed E-state index contributed by atoms with van der Waals surface area (Å²) in [4.78, 5) is 30.7. The quantitative estimate of drug-likeness (QED) is 0.534. The fourth-order valence-electron chi connectivity index (χ4n) is 4.11. The second-order valence-electron chi connectivity index (χ2n) is 8.23. The molecular weight excluding hydrogens is 428 g/mol. The van der Waals surface area contributed by atoms with Crippen LogP contribution in [0.3, 0.4) is 0 Å². The van der Waals surface area contributed by atoms with Crippen molar-refractivity contribution in [3.63, 3.8) is 0 Å². The second kappa shape index (κ2) is 9.12. The molecule has 32 heavy (non-hydrogen) atoms. The first-order valence-electron chi connectivity index (χ1n) is 10.3. The number of hydrogen-bond acceptors (Lipinski definition) is 4. The smallest absolute Gasteiger partial charge is 0.280 e.